The molecule has 2 N–H and O–H groups in total. The molecule has 0 spiro atoms. The Kier molecular flexibility index (Phi) is 5.65. The molecule has 1 aliphatic rings. The Balaban J connectivity index is 1.84. The second kappa shape index (κ2) is 7.48. The quantitative estimate of drug-likeness (QED) is 0.822. The van der Waals surface area contributed by atoms with Gasteiger partial charge in [-0.1, -0.05) is 23.3 Å². The Labute approximate surface area is 130 Å². The summed E-state index contributed by atoms with van der Waals surface area (Å²) in [5, 5.41) is 6.85. The van der Waals surface area contributed by atoms with Crippen LogP contribution in [0, 0.1) is 6.92 Å². The predicted molar refractivity (Wildman–Crippen MR) is 84.9 cm³/mol. The van der Waals surface area contributed by atoms with Gasteiger partial charge in [0.15, 0.2) is 6.10 Å². The lowest BCUT2D eigenvalue weighted by atomic mass is 10.1. The molecule has 0 saturated carbocycles. The molecular formula is C16H21ClN2O2. The van der Waals surface area contributed by atoms with Gasteiger partial charge in [-0.15, -0.1) is 0 Å². The van der Waals surface area contributed by atoms with E-state index in [0.29, 0.717) is 17.3 Å². The van der Waals surface area contributed by atoms with Crippen LogP contribution in [0.4, 0.5) is 0 Å². The molecule has 1 heterocycles. The van der Waals surface area contributed by atoms with Crippen molar-refractivity contribution < 1.29 is 9.53 Å². The van der Waals surface area contributed by atoms with Crippen molar-refractivity contribution in [2.24, 2.45) is 0 Å². The molecule has 0 aliphatic carbocycles. The fourth-order valence-corrected chi connectivity index (χ4v) is 2.24. The average Bonchev–Trinajstić information content (AvgIpc) is 2.49. The molecule has 4 nitrogen and oxygen atoms in total. The van der Waals surface area contributed by atoms with Crippen molar-refractivity contribution in [2.75, 3.05) is 19.6 Å². The summed E-state index contributed by atoms with van der Waals surface area (Å²) in [6.07, 6.45) is 2.57. The topological polar surface area (TPSA) is 50.4 Å². The third-order valence-electron chi connectivity index (χ3n) is 3.46. The minimum absolute atomic E-state index is 0.109. The van der Waals surface area contributed by atoms with Crippen molar-refractivity contribution >= 4 is 17.5 Å². The standard InChI is InChI=1S/C16H21ClN2O2/c1-11-9-14(3-4-15(11)17)21-12(2)16(20)19-10-13-5-7-18-8-6-13/h3-5,9,12,18H,6-8,10H2,1-2H3,(H,19,20). The van der Waals surface area contributed by atoms with Gasteiger partial charge < -0.3 is 15.4 Å². The van der Waals surface area contributed by atoms with E-state index >= 15 is 0 Å². The molecule has 0 fully saturated rings. The van der Waals surface area contributed by atoms with Gasteiger partial charge in [0.2, 0.25) is 0 Å². The molecule has 1 amide bonds. The number of carbonyl (C=O) groups is 1. The molecule has 114 valence electrons. The van der Waals surface area contributed by atoms with E-state index in [2.05, 4.69) is 16.7 Å². The minimum atomic E-state index is -0.534. The second-order valence-electron chi connectivity index (χ2n) is 5.21. The van der Waals surface area contributed by atoms with E-state index in [0.717, 1.165) is 25.1 Å². The number of amides is 1. The van der Waals surface area contributed by atoms with Crippen LogP contribution in [0.1, 0.15) is 18.9 Å². The van der Waals surface area contributed by atoms with E-state index < -0.39 is 6.10 Å². The van der Waals surface area contributed by atoms with E-state index in [4.69, 9.17) is 16.3 Å². The van der Waals surface area contributed by atoms with Crippen molar-refractivity contribution in [3.63, 3.8) is 0 Å². The van der Waals surface area contributed by atoms with Crippen LogP contribution >= 0.6 is 11.6 Å². The number of aryl methyl sites for hydroxylation is 1. The third kappa shape index (κ3) is 4.76. The number of nitrogens with one attached hydrogen (secondary N) is 2. The first-order valence-electron chi connectivity index (χ1n) is 7.15. The third-order valence-corrected chi connectivity index (χ3v) is 3.88. The van der Waals surface area contributed by atoms with Gasteiger partial charge in [-0.2, -0.15) is 0 Å². The summed E-state index contributed by atoms with van der Waals surface area (Å²) in [4.78, 5) is 12.0. The highest BCUT2D eigenvalue weighted by Gasteiger charge is 2.15. The van der Waals surface area contributed by atoms with Crippen molar-refractivity contribution in [1.29, 1.82) is 0 Å². The smallest absolute Gasteiger partial charge is 0.261 e. The average molecular weight is 309 g/mol. The molecule has 0 aromatic heterocycles. The molecule has 0 saturated heterocycles. The molecular weight excluding hydrogens is 288 g/mol. The Bertz CT molecular complexity index is 543. The summed E-state index contributed by atoms with van der Waals surface area (Å²) in [5.74, 6) is 0.544. The zero-order valence-electron chi connectivity index (χ0n) is 12.4. The molecule has 2 rings (SSSR count). The van der Waals surface area contributed by atoms with Crippen LogP contribution in [0.15, 0.2) is 29.8 Å². The Morgan fingerprint density at radius 3 is 3.00 bits per heavy atom. The highest BCUT2D eigenvalue weighted by Crippen LogP contribution is 2.21. The Morgan fingerprint density at radius 2 is 2.33 bits per heavy atom. The molecule has 0 radical (unpaired) electrons. The van der Waals surface area contributed by atoms with Gasteiger partial charge in [0.25, 0.3) is 5.91 Å². The largest absolute Gasteiger partial charge is 0.481 e. The van der Waals surface area contributed by atoms with Crippen molar-refractivity contribution in [1.82, 2.24) is 10.6 Å². The van der Waals surface area contributed by atoms with E-state index in [1.165, 1.54) is 5.57 Å². The lowest BCUT2D eigenvalue weighted by Crippen LogP contribution is -2.38. The van der Waals surface area contributed by atoms with Gasteiger partial charge in [-0.25, -0.2) is 0 Å². The van der Waals surface area contributed by atoms with Crippen LogP contribution in [0.3, 0.4) is 0 Å². The number of rotatable bonds is 5. The number of ether oxygens (including phenoxy) is 1. The SMILES string of the molecule is Cc1cc(OC(C)C(=O)NCC2=CCNCC2)ccc1Cl. The lowest BCUT2D eigenvalue weighted by Gasteiger charge is -2.18. The maximum atomic E-state index is 12.0. The minimum Gasteiger partial charge on any atom is -0.481 e. The monoisotopic (exact) mass is 308 g/mol. The van der Waals surface area contributed by atoms with Gasteiger partial charge in [-0.3, -0.25) is 4.79 Å². The highest BCUT2D eigenvalue weighted by atomic mass is 35.5. The number of halogens is 1. The van der Waals surface area contributed by atoms with Crippen LogP contribution in [0.2, 0.25) is 5.02 Å². The number of hydrogen-bond donors (Lipinski definition) is 2. The Hall–Kier alpha value is -1.52. The molecule has 21 heavy (non-hydrogen) atoms. The zero-order chi connectivity index (χ0) is 15.2. The maximum Gasteiger partial charge on any atom is 0.261 e. The zero-order valence-corrected chi connectivity index (χ0v) is 13.2. The van der Waals surface area contributed by atoms with Crippen LogP contribution in [0.5, 0.6) is 5.75 Å². The first-order chi connectivity index (χ1) is 10.1. The van der Waals surface area contributed by atoms with Crippen LogP contribution in [0.25, 0.3) is 0 Å². The van der Waals surface area contributed by atoms with Crippen LogP contribution < -0.4 is 15.4 Å². The summed E-state index contributed by atoms with van der Waals surface area (Å²) < 4.78 is 5.65. The van der Waals surface area contributed by atoms with Crippen molar-refractivity contribution in [3.05, 3.63) is 40.4 Å². The molecule has 1 aromatic rings. The normalized spacial score (nSPS) is 16.0. The maximum absolute atomic E-state index is 12.0. The first-order valence-corrected chi connectivity index (χ1v) is 7.53. The molecule has 1 aliphatic heterocycles. The second-order valence-corrected chi connectivity index (χ2v) is 5.61. The lowest BCUT2D eigenvalue weighted by molar-refractivity contribution is -0.127. The van der Waals surface area contributed by atoms with E-state index in [1.807, 2.05) is 13.0 Å². The van der Waals surface area contributed by atoms with Crippen molar-refractivity contribution in [2.45, 2.75) is 26.4 Å². The summed E-state index contributed by atoms with van der Waals surface area (Å²) in [6, 6.07) is 5.38. The molecule has 1 unspecified atom stereocenters. The van der Waals surface area contributed by atoms with E-state index in [-0.39, 0.29) is 5.91 Å². The molecule has 5 heteroatoms. The van der Waals surface area contributed by atoms with Gasteiger partial charge in [0, 0.05) is 18.1 Å². The summed E-state index contributed by atoms with van der Waals surface area (Å²) >= 11 is 5.97. The van der Waals surface area contributed by atoms with Crippen LogP contribution in [-0.2, 0) is 4.79 Å². The number of benzene rings is 1. The number of carbonyl (C=O) groups excluding carboxylic acids is 1. The highest BCUT2D eigenvalue weighted by molar-refractivity contribution is 6.31. The predicted octanol–water partition coefficient (Wildman–Crippen LogP) is 2.45. The Morgan fingerprint density at radius 1 is 1.52 bits per heavy atom. The first kappa shape index (κ1) is 15.9. The van der Waals surface area contributed by atoms with Crippen molar-refractivity contribution in [3.8, 4) is 5.75 Å². The summed E-state index contributed by atoms with van der Waals surface area (Å²) in [6.45, 7) is 6.09. The van der Waals surface area contributed by atoms with Gasteiger partial charge in [0.1, 0.15) is 5.75 Å². The molecule has 1 aromatic carbocycles. The number of hydrogen-bond acceptors (Lipinski definition) is 3. The van der Waals surface area contributed by atoms with Gasteiger partial charge in [0.05, 0.1) is 0 Å². The molecule has 0 bridgehead atoms. The van der Waals surface area contributed by atoms with E-state index in [9.17, 15) is 4.79 Å². The fourth-order valence-electron chi connectivity index (χ4n) is 2.12. The summed E-state index contributed by atoms with van der Waals surface area (Å²) in [5.41, 5.74) is 2.19. The van der Waals surface area contributed by atoms with E-state index in [1.54, 1.807) is 19.1 Å². The summed E-state index contributed by atoms with van der Waals surface area (Å²) in [7, 11) is 0. The fraction of sp³-hybridized carbons (Fsp3) is 0.438. The molecule has 1 atom stereocenters. The van der Waals surface area contributed by atoms with Crippen LogP contribution in [-0.4, -0.2) is 31.6 Å². The van der Waals surface area contributed by atoms with Gasteiger partial charge >= 0.3 is 0 Å². The van der Waals surface area contributed by atoms with Gasteiger partial charge in [-0.05, 0) is 50.6 Å².